The van der Waals surface area contributed by atoms with Gasteiger partial charge in [0.05, 0.1) is 18.8 Å². The number of para-hydroxylation sites is 1. The van der Waals surface area contributed by atoms with E-state index in [9.17, 15) is 14.4 Å². The van der Waals surface area contributed by atoms with Gasteiger partial charge in [-0.2, -0.15) is 0 Å². The zero-order valence-corrected chi connectivity index (χ0v) is 23.8. The van der Waals surface area contributed by atoms with Crippen molar-refractivity contribution in [2.75, 3.05) is 18.5 Å². The van der Waals surface area contributed by atoms with Crippen LogP contribution in [0.5, 0.6) is 5.75 Å². The molecule has 1 unspecified atom stereocenters. The molecule has 0 bridgehead atoms. The first-order valence-electron chi connectivity index (χ1n) is 14.4. The summed E-state index contributed by atoms with van der Waals surface area (Å²) >= 11 is 0. The Morgan fingerprint density at radius 2 is 1.63 bits per heavy atom. The zero-order chi connectivity index (χ0) is 28.9. The molecule has 1 atom stereocenters. The highest BCUT2D eigenvalue weighted by Crippen LogP contribution is 2.46. The second-order valence-electron chi connectivity index (χ2n) is 10.4. The van der Waals surface area contributed by atoms with E-state index in [0.29, 0.717) is 16.6 Å². The summed E-state index contributed by atoms with van der Waals surface area (Å²) in [5.74, 6) is -2.45. The van der Waals surface area contributed by atoms with Crippen LogP contribution in [0.3, 0.4) is 0 Å². The first-order valence-corrected chi connectivity index (χ1v) is 14.4. The number of benzene rings is 3. The van der Waals surface area contributed by atoms with Crippen LogP contribution in [0.15, 0.2) is 66.1 Å². The summed E-state index contributed by atoms with van der Waals surface area (Å²) in [6, 6.07) is 16.8. The number of hydrogen-bond donors (Lipinski definition) is 2. The van der Waals surface area contributed by atoms with Gasteiger partial charge in [-0.25, -0.2) is 4.79 Å². The monoisotopic (exact) mass is 556 g/mol. The minimum Gasteiger partial charge on any atom is -0.465 e. The minimum absolute atomic E-state index is 0.0530. The minimum atomic E-state index is -1.15. The molecule has 8 nitrogen and oxygen atoms in total. The van der Waals surface area contributed by atoms with Crippen molar-refractivity contribution in [3.8, 4) is 5.75 Å². The maximum atomic E-state index is 13.9. The van der Waals surface area contributed by atoms with Gasteiger partial charge in [0.2, 0.25) is 5.88 Å². The van der Waals surface area contributed by atoms with Crippen molar-refractivity contribution in [1.29, 1.82) is 0 Å². The van der Waals surface area contributed by atoms with Crippen LogP contribution in [0.1, 0.15) is 73.4 Å². The maximum Gasteiger partial charge on any atom is 0.340 e. The number of aryl methyl sites for hydroxylation is 1. The smallest absolute Gasteiger partial charge is 0.340 e. The Morgan fingerprint density at radius 1 is 0.927 bits per heavy atom. The summed E-state index contributed by atoms with van der Waals surface area (Å²) in [6.07, 6.45) is 5.04. The summed E-state index contributed by atoms with van der Waals surface area (Å²) in [6.45, 7) is 5.60. The van der Waals surface area contributed by atoms with Crippen LogP contribution in [0.25, 0.3) is 10.8 Å². The molecule has 5 rings (SSSR count). The lowest BCUT2D eigenvalue weighted by Crippen LogP contribution is -2.39. The highest BCUT2D eigenvalue weighted by atomic mass is 16.5. The highest BCUT2D eigenvalue weighted by molar-refractivity contribution is 6.12. The molecule has 0 aromatic heterocycles. The molecule has 41 heavy (non-hydrogen) atoms. The van der Waals surface area contributed by atoms with Crippen LogP contribution in [-0.2, 0) is 19.1 Å². The number of esters is 2. The number of hydrogen-bond acceptors (Lipinski definition) is 7. The molecule has 0 saturated heterocycles. The molecule has 1 amide bonds. The summed E-state index contributed by atoms with van der Waals surface area (Å²) in [7, 11) is 0. The molecule has 1 fully saturated rings. The first-order chi connectivity index (χ1) is 19.9. The Labute approximate surface area is 240 Å². The Balaban J connectivity index is 1.72. The summed E-state index contributed by atoms with van der Waals surface area (Å²) in [4.78, 5) is 41.1. The van der Waals surface area contributed by atoms with Gasteiger partial charge >= 0.3 is 11.9 Å². The molecule has 2 N–H and O–H groups in total. The number of amides is 1. The maximum absolute atomic E-state index is 13.9. The number of anilines is 1. The second-order valence-corrected chi connectivity index (χ2v) is 10.4. The molecular weight excluding hydrogens is 520 g/mol. The first kappa shape index (κ1) is 28.2. The van der Waals surface area contributed by atoms with E-state index in [1.54, 1.807) is 19.9 Å². The van der Waals surface area contributed by atoms with Gasteiger partial charge in [0, 0.05) is 17.3 Å². The lowest BCUT2D eigenvalue weighted by atomic mass is 9.83. The fourth-order valence-corrected chi connectivity index (χ4v) is 5.68. The third-order valence-electron chi connectivity index (χ3n) is 7.66. The topological polar surface area (TPSA) is 103 Å². The summed E-state index contributed by atoms with van der Waals surface area (Å²) in [5, 5.41) is 7.82. The van der Waals surface area contributed by atoms with Crippen LogP contribution in [-0.4, -0.2) is 37.1 Å². The van der Waals surface area contributed by atoms with E-state index in [-0.39, 0.29) is 47.9 Å². The molecule has 0 spiro atoms. The van der Waals surface area contributed by atoms with Crippen molar-refractivity contribution >= 4 is 34.3 Å². The number of rotatable bonds is 8. The number of carbonyl (C=O) groups excluding carboxylic acids is 3. The molecule has 2 aliphatic rings. The van der Waals surface area contributed by atoms with Gasteiger partial charge in [0.15, 0.2) is 0 Å². The van der Waals surface area contributed by atoms with Crippen LogP contribution in [0, 0.1) is 6.92 Å². The molecule has 3 aromatic carbocycles. The predicted octanol–water partition coefficient (Wildman–Crippen LogP) is 6.14. The standard InChI is InChI=1S/C33H36N2O6/c1-4-39-32(37)27-26-23-17-11-10-14-21(23)19-24(30(36)35-25-18-12-9-13-20(25)3)29(26)41-31(28(27)33(38)40-5-2)34-22-15-7-6-8-16-22/h9-14,17-19,22,27,34H,4-8,15-16H2,1-3H3,(H,35,36). The molecule has 214 valence electrons. The summed E-state index contributed by atoms with van der Waals surface area (Å²) in [5.41, 5.74) is 2.30. The lowest BCUT2D eigenvalue weighted by molar-refractivity contribution is -0.147. The van der Waals surface area contributed by atoms with Gasteiger partial charge in [-0.1, -0.05) is 61.7 Å². The van der Waals surface area contributed by atoms with Gasteiger partial charge < -0.3 is 24.8 Å². The Hall–Kier alpha value is -4.33. The second kappa shape index (κ2) is 12.5. The molecule has 1 aliphatic carbocycles. The normalized spacial score (nSPS) is 16.9. The fraction of sp³-hybridized carbons (Fsp3) is 0.364. The van der Waals surface area contributed by atoms with Crippen molar-refractivity contribution in [2.45, 2.75) is 64.8 Å². The van der Waals surface area contributed by atoms with Gasteiger partial charge in [0.1, 0.15) is 17.2 Å². The van der Waals surface area contributed by atoms with E-state index in [1.807, 2.05) is 55.5 Å². The quantitative estimate of drug-likeness (QED) is 0.322. The van der Waals surface area contributed by atoms with E-state index < -0.39 is 17.9 Å². The molecule has 1 heterocycles. The Bertz CT molecular complexity index is 1500. The molecule has 1 saturated carbocycles. The van der Waals surface area contributed by atoms with E-state index in [0.717, 1.165) is 43.1 Å². The van der Waals surface area contributed by atoms with Crippen molar-refractivity contribution in [3.05, 3.63) is 82.7 Å². The van der Waals surface area contributed by atoms with Crippen molar-refractivity contribution < 1.29 is 28.6 Å². The van der Waals surface area contributed by atoms with Crippen molar-refractivity contribution in [2.24, 2.45) is 0 Å². The van der Waals surface area contributed by atoms with Gasteiger partial charge in [-0.05, 0) is 62.1 Å². The van der Waals surface area contributed by atoms with Crippen molar-refractivity contribution in [1.82, 2.24) is 5.32 Å². The van der Waals surface area contributed by atoms with E-state index in [4.69, 9.17) is 14.2 Å². The third kappa shape index (κ3) is 5.78. The van der Waals surface area contributed by atoms with Crippen LogP contribution >= 0.6 is 0 Å². The zero-order valence-electron chi connectivity index (χ0n) is 23.8. The average molecular weight is 557 g/mol. The van der Waals surface area contributed by atoms with E-state index in [2.05, 4.69) is 10.6 Å². The summed E-state index contributed by atoms with van der Waals surface area (Å²) < 4.78 is 17.5. The van der Waals surface area contributed by atoms with E-state index in [1.165, 1.54) is 0 Å². The van der Waals surface area contributed by atoms with Crippen LogP contribution < -0.4 is 15.4 Å². The predicted molar refractivity (Wildman–Crippen MR) is 157 cm³/mol. The van der Waals surface area contributed by atoms with Crippen molar-refractivity contribution in [3.63, 3.8) is 0 Å². The van der Waals surface area contributed by atoms with Gasteiger partial charge in [0.25, 0.3) is 5.91 Å². The van der Waals surface area contributed by atoms with E-state index >= 15 is 0 Å². The number of fused-ring (bicyclic) bond motifs is 3. The third-order valence-corrected chi connectivity index (χ3v) is 7.66. The molecule has 0 radical (unpaired) electrons. The SMILES string of the molecule is CCOC(=O)C1=C(NC2CCCCC2)Oc2c(C(=O)Nc3ccccc3C)cc3ccccc3c2C1C(=O)OCC. The Kier molecular flexibility index (Phi) is 8.57. The number of ether oxygens (including phenoxy) is 3. The van der Waals surface area contributed by atoms with Gasteiger partial charge in [-0.3, -0.25) is 9.59 Å². The molecule has 8 heteroatoms. The van der Waals surface area contributed by atoms with Gasteiger partial charge in [-0.15, -0.1) is 0 Å². The molecule has 1 aliphatic heterocycles. The largest absolute Gasteiger partial charge is 0.465 e. The van der Waals surface area contributed by atoms with Crippen LogP contribution in [0.2, 0.25) is 0 Å². The molecular formula is C33H36N2O6. The van der Waals surface area contributed by atoms with Crippen LogP contribution in [0.4, 0.5) is 5.69 Å². The number of nitrogens with one attached hydrogen (secondary N) is 2. The fourth-order valence-electron chi connectivity index (χ4n) is 5.68. The Morgan fingerprint density at radius 3 is 2.37 bits per heavy atom. The highest BCUT2D eigenvalue weighted by Gasteiger charge is 2.44. The average Bonchev–Trinajstić information content (AvgIpc) is 2.98. The molecule has 3 aromatic rings. The number of carbonyl (C=O) groups is 3. The lowest BCUT2D eigenvalue weighted by Gasteiger charge is -2.33.